The Morgan fingerprint density at radius 3 is 3.25 bits per heavy atom. The minimum absolute atomic E-state index is 0.615. The number of aromatic nitrogens is 1. The summed E-state index contributed by atoms with van der Waals surface area (Å²) in [5.74, 6) is 0.615. The van der Waals surface area contributed by atoms with E-state index in [2.05, 4.69) is 26.2 Å². The summed E-state index contributed by atoms with van der Waals surface area (Å²) in [6.07, 6.45) is 3.30. The van der Waals surface area contributed by atoms with E-state index in [0.717, 1.165) is 15.9 Å². The van der Waals surface area contributed by atoms with Crippen molar-refractivity contribution in [3.63, 3.8) is 0 Å². The minimum Gasteiger partial charge on any atom is -0.443 e. The summed E-state index contributed by atoms with van der Waals surface area (Å²) in [7, 11) is 0. The Bertz CT molecular complexity index is 349. The molecule has 0 radical (unpaired) electrons. The molecule has 2 heterocycles. The van der Waals surface area contributed by atoms with Gasteiger partial charge in [0.05, 0.1) is 0 Å². The molecule has 0 aliphatic carbocycles. The number of anilines is 1. The summed E-state index contributed by atoms with van der Waals surface area (Å²) in [4.78, 5) is 4.21. The lowest BCUT2D eigenvalue weighted by molar-refractivity contribution is 0.456. The van der Waals surface area contributed by atoms with Gasteiger partial charge in [-0.25, -0.2) is 4.98 Å². The first-order valence-corrected chi connectivity index (χ1v) is 4.32. The minimum atomic E-state index is 0.615. The van der Waals surface area contributed by atoms with Crippen molar-refractivity contribution in [2.75, 3.05) is 5.32 Å². The van der Waals surface area contributed by atoms with Crippen molar-refractivity contribution in [2.24, 2.45) is 0 Å². The molecular weight excluding hydrogens is 220 g/mol. The Kier molecular flexibility index (Phi) is 1.77. The van der Waals surface area contributed by atoms with Crippen molar-refractivity contribution in [3.05, 3.63) is 28.7 Å². The number of nitrogens with one attached hydrogen (secondary N) is 1. The van der Waals surface area contributed by atoms with Gasteiger partial charge in [0.25, 0.3) is 0 Å². The van der Waals surface area contributed by atoms with E-state index in [0.29, 0.717) is 5.88 Å². The third kappa shape index (κ3) is 1.18. The third-order valence-corrected chi connectivity index (χ3v) is 2.17. The van der Waals surface area contributed by atoms with Crippen LogP contribution >= 0.6 is 15.9 Å². The Balaban J connectivity index is 2.57. The van der Waals surface area contributed by atoms with Crippen LogP contribution in [0.5, 0.6) is 5.88 Å². The standard InChI is InChI=1S/C8H7BrN2O/c1-5-4-6(9)7-8(11-5)12-3-2-10-7/h2-4,10H,1H3. The Hall–Kier alpha value is -1.03. The lowest BCUT2D eigenvalue weighted by Crippen LogP contribution is -2.02. The molecule has 1 aromatic heterocycles. The fourth-order valence-corrected chi connectivity index (χ4v) is 1.65. The summed E-state index contributed by atoms with van der Waals surface area (Å²) in [5, 5.41) is 3.04. The average Bonchev–Trinajstić information content (AvgIpc) is 2.04. The van der Waals surface area contributed by atoms with Gasteiger partial charge in [0.1, 0.15) is 11.9 Å². The Labute approximate surface area is 78.6 Å². The van der Waals surface area contributed by atoms with Crippen LogP contribution < -0.4 is 10.1 Å². The monoisotopic (exact) mass is 226 g/mol. The van der Waals surface area contributed by atoms with E-state index in [9.17, 15) is 0 Å². The number of halogens is 1. The first kappa shape index (κ1) is 7.61. The quantitative estimate of drug-likeness (QED) is 0.738. The van der Waals surface area contributed by atoms with Gasteiger partial charge in [-0.3, -0.25) is 0 Å². The smallest absolute Gasteiger partial charge is 0.244 e. The molecule has 0 spiro atoms. The molecule has 2 rings (SSSR count). The highest BCUT2D eigenvalue weighted by Gasteiger charge is 2.11. The van der Waals surface area contributed by atoms with E-state index in [-0.39, 0.29) is 0 Å². The summed E-state index contributed by atoms with van der Waals surface area (Å²) in [6, 6.07) is 1.94. The Morgan fingerprint density at radius 2 is 2.42 bits per heavy atom. The van der Waals surface area contributed by atoms with Gasteiger partial charge in [-0.1, -0.05) is 0 Å². The van der Waals surface area contributed by atoms with E-state index in [4.69, 9.17) is 4.74 Å². The molecule has 0 unspecified atom stereocenters. The fraction of sp³-hybridized carbons (Fsp3) is 0.125. The SMILES string of the molecule is Cc1cc(Br)c2c(n1)OC=CN2. The summed E-state index contributed by atoms with van der Waals surface area (Å²) < 4.78 is 6.17. The van der Waals surface area contributed by atoms with Crippen molar-refractivity contribution in [1.29, 1.82) is 0 Å². The first-order valence-electron chi connectivity index (χ1n) is 3.53. The summed E-state index contributed by atoms with van der Waals surface area (Å²) in [6.45, 7) is 1.92. The maximum atomic E-state index is 5.20. The highest BCUT2D eigenvalue weighted by molar-refractivity contribution is 9.10. The van der Waals surface area contributed by atoms with E-state index in [1.165, 1.54) is 0 Å². The van der Waals surface area contributed by atoms with Gasteiger partial charge in [-0.2, -0.15) is 0 Å². The maximum Gasteiger partial charge on any atom is 0.244 e. The molecule has 1 aromatic rings. The van der Waals surface area contributed by atoms with Gasteiger partial charge < -0.3 is 10.1 Å². The second-order valence-electron chi connectivity index (χ2n) is 2.49. The summed E-state index contributed by atoms with van der Waals surface area (Å²) in [5.41, 5.74) is 1.81. The van der Waals surface area contributed by atoms with Gasteiger partial charge in [0.2, 0.25) is 5.88 Å². The second kappa shape index (κ2) is 2.79. The molecule has 0 amide bonds. The predicted octanol–water partition coefficient (Wildman–Crippen LogP) is 2.43. The number of hydrogen-bond acceptors (Lipinski definition) is 3. The molecule has 0 aromatic carbocycles. The normalized spacial score (nSPS) is 13.2. The van der Waals surface area contributed by atoms with Gasteiger partial charge in [0.15, 0.2) is 0 Å². The molecular formula is C8H7BrN2O. The van der Waals surface area contributed by atoms with Crippen LogP contribution in [0.4, 0.5) is 5.69 Å². The molecule has 62 valence electrons. The van der Waals surface area contributed by atoms with Crippen LogP contribution in [0.1, 0.15) is 5.69 Å². The highest BCUT2D eigenvalue weighted by Crippen LogP contribution is 2.33. The van der Waals surface area contributed by atoms with Gasteiger partial charge >= 0.3 is 0 Å². The molecule has 0 saturated carbocycles. The van der Waals surface area contributed by atoms with Crippen LogP contribution in [0.15, 0.2) is 23.0 Å². The Morgan fingerprint density at radius 1 is 1.58 bits per heavy atom. The van der Waals surface area contributed by atoms with Crippen LogP contribution in [0.2, 0.25) is 0 Å². The lowest BCUT2D eigenvalue weighted by atomic mass is 10.3. The maximum absolute atomic E-state index is 5.20. The van der Waals surface area contributed by atoms with Crippen LogP contribution in [0.3, 0.4) is 0 Å². The van der Waals surface area contributed by atoms with Crippen LogP contribution in [-0.2, 0) is 0 Å². The number of rotatable bonds is 0. The summed E-state index contributed by atoms with van der Waals surface area (Å²) >= 11 is 3.42. The lowest BCUT2D eigenvalue weighted by Gasteiger charge is -2.13. The van der Waals surface area contributed by atoms with Crippen LogP contribution in [0, 0.1) is 6.92 Å². The topological polar surface area (TPSA) is 34.1 Å². The fourth-order valence-electron chi connectivity index (χ4n) is 1.04. The number of pyridine rings is 1. The molecule has 3 nitrogen and oxygen atoms in total. The van der Waals surface area contributed by atoms with E-state index in [1.807, 2.05) is 13.0 Å². The van der Waals surface area contributed by atoms with E-state index >= 15 is 0 Å². The molecule has 4 heteroatoms. The van der Waals surface area contributed by atoms with Crippen molar-refractivity contribution < 1.29 is 4.74 Å². The number of nitrogens with zero attached hydrogens (tertiary/aromatic N) is 1. The molecule has 0 fully saturated rings. The molecule has 1 N–H and O–H groups in total. The van der Waals surface area contributed by atoms with Crippen LogP contribution in [0.25, 0.3) is 0 Å². The largest absolute Gasteiger partial charge is 0.443 e. The number of hydrogen-bond donors (Lipinski definition) is 1. The van der Waals surface area contributed by atoms with Gasteiger partial charge in [-0.15, -0.1) is 0 Å². The van der Waals surface area contributed by atoms with Crippen molar-refractivity contribution in [3.8, 4) is 5.88 Å². The van der Waals surface area contributed by atoms with Gasteiger partial charge in [0, 0.05) is 16.4 Å². The highest BCUT2D eigenvalue weighted by atomic mass is 79.9. The number of ether oxygens (including phenoxy) is 1. The van der Waals surface area contributed by atoms with E-state index in [1.54, 1.807) is 12.5 Å². The van der Waals surface area contributed by atoms with Crippen molar-refractivity contribution in [2.45, 2.75) is 6.92 Å². The van der Waals surface area contributed by atoms with E-state index < -0.39 is 0 Å². The zero-order valence-electron chi connectivity index (χ0n) is 6.47. The molecule has 0 bridgehead atoms. The molecule has 12 heavy (non-hydrogen) atoms. The average molecular weight is 227 g/mol. The third-order valence-electron chi connectivity index (χ3n) is 1.54. The first-order chi connectivity index (χ1) is 5.77. The molecule has 0 atom stereocenters. The zero-order valence-corrected chi connectivity index (χ0v) is 8.05. The second-order valence-corrected chi connectivity index (χ2v) is 3.34. The van der Waals surface area contributed by atoms with Gasteiger partial charge in [-0.05, 0) is 28.9 Å². The number of aryl methyl sites for hydroxylation is 1. The van der Waals surface area contributed by atoms with Crippen molar-refractivity contribution in [1.82, 2.24) is 4.98 Å². The predicted molar refractivity (Wildman–Crippen MR) is 50.1 cm³/mol. The number of fused-ring (bicyclic) bond motifs is 1. The zero-order chi connectivity index (χ0) is 8.55. The van der Waals surface area contributed by atoms with Crippen molar-refractivity contribution >= 4 is 21.6 Å². The molecule has 1 aliphatic heterocycles. The molecule has 1 aliphatic rings. The molecule has 0 saturated heterocycles. The van der Waals surface area contributed by atoms with Crippen LogP contribution in [-0.4, -0.2) is 4.98 Å².